The monoisotopic (exact) mass is 464 g/mol. The van der Waals surface area contributed by atoms with Crippen molar-refractivity contribution >= 4 is 57.8 Å². The molecule has 0 unspecified atom stereocenters. The van der Waals surface area contributed by atoms with E-state index < -0.39 is 0 Å². The first-order valence-electron chi connectivity index (χ1n) is 9.52. The van der Waals surface area contributed by atoms with Gasteiger partial charge in [0.1, 0.15) is 11.5 Å². The van der Waals surface area contributed by atoms with Crippen LogP contribution in [0.4, 0.5) is 5.69 Å². The molecular formula is C22H22Cl2N2O3S. The maximum Gasteiger partial charge on any atom is 0.266 e. The Morgan fingerprint density at radius 1 is 1.17 bits per heavy atom. The van der Waals surface area contributed by atoms with Crippen LogP contribution >= 0.6 is 35.0 Å². The third-order valence-corrected chi connectivity index (χ3v) is 5.74. The predicted octanol–water partition coefficient (Wildman–Crippen LogP) is 6.41. The summed E-state index contributed by atoms with van der Waals surface area (Å²) in [4.78, 5) is 19.9. The second kappa shape index (κ2) is 10.2. The molecule has 0 N–H and O–H groups in total. The molecule has 1 fully saturated rings. The zero-order valence-corrected chi connectivity index (χ0v) is 19.3. The van der Waals surface area contributed by atoms with Crippen LogP contribution < -0.4 is 9.47 Å². The number of carbonyl (C=O) groups is 1. The van der Waals surface area contributed by atoms with E-state index in [2.05, 4.69) is 4.99 Å². The van der Waals surface area contributed by atoms with Crippen molar-refractivity contribution in [3.05, 3.63) is 56.9 Å². The van der Waals surface area contributed by atoms with E-state index in [1.54, 1.807) is 23.1 Å². The first kappa shape index (κ1) is 22.5. The summed E-state index contributed by atoms with van der Waals surface area (Å²) in [6.07, 6.45) is 2.56. The fraction of sp³-hybridized carbons (Fsp3) is 0.273. The minimum Gasteiger partial charge on any atom is -0.495 e. The largest absolute Gasteiger partial charge is 0.495 e. The molecule has 1 amide bonds. The van der Waals surface area contributed by atoms with E-state index in [0.717, 1.165) is 17.9 Å². The molecule has 1 aliphatic rings. The van der Waals surface area contributed by atoms with E-state index in [1.807, 2.05) is 38.1 Å². The van der Waals surface area contributed by atoms with Crippen LogP contribution in [-0.4, -0.2) is 36.2 Å². The van der Waals surface area contributed by atoms with Gasteiger partial charge in [-0.15, -0.1) is 0 Å². The summed E-state index contributed by atoms with van der Waals surface area (Å²) in [5.41, 5.74) is 1.39. The molecule has 0 saturated carbocycles. The Kier molecular flexibility index (Phi) is 7.69. The van der Waals surface area contributed by atoms with Gasteiger partial charge < -0.3 is 9.47 Å². The Balaban J connectivity index is 1.96. The quantitative estimate of drug-likeness (QED) is 0.443. The summed E-state index contributed by atoms with van der Waals surface area (Å²) in [6.45, 7) is 5.14. The number of ether oxygens (including phenoxy) is 2. The van der Waals surface area contributed by atoms with Gasteiger partial charge in [-0.2, -0.15) is 0 Å². The highest BCUT2D eigenvalue weighted by atomic mass is 35.5. The summed E-state index contributed by atoms with van der Waals surface area (Å²) in [6, 6.07) is 10.8. The molecule has 8 heteroatoms. The SMILES string of the molecule is CCCN1C(=O)/C(=C\c2cc(Cl)cc(Cl)c2OC)SC1=Nc1ccc(OCC)cc1. The number of amides is 1. The first-order chi connectivity index (χ1) is 14.5. The highest BCUT2D eigenvalue weighted by Crippen LogP contribution is 2.38. The molecule has 5 nitrogen and oxygen atoms in total. The normalized spacial score (nSPS) is 16.6. The highest BCUT2D eigenvalue weighted by molar-refractivity contribution is 8.18. The predicted molar refractivity (Wildman–Crippen MR) is 125 cm³/mol. The number of hydrogen-bond acceptors (Lipinski definition) is 5. The average Bonchev–Trinajstić information content (AvgIpc) is 2.98. The van der Waals surface area contributed by atoms with Gasteiger partial charge in [0.15, 0.2) is 5.17 Å². The molecule has 158 valence electrons. The minimum atomic E-state index is -0.107. The lowest BCUT2D eigenvalue weighted by molar-refractivity contribution is -0.122. The fourth-order valence-corrected chi connectivity index (χ4v) is 4.55. The molecule has 0 bridgehead atoms. The van der Waals surface area contributed by atoms with E-state index in [4.69, 9.17) is 32.7 Å². The Labute approximate surface area is 190 Å². The molecule has 0 radical (unpaired) electrons. The third-order valence-electron chi connectivity index (χ3n) is 4.24. The van der Waals surface area contributed by atoms with Gasteiger partial charge in [-0.3, -0.25) is 9.69 Å². The van der Waals surface area contributed by atoms with Crippen LogP contribution in [0.5, 0.6) is 11.5 Å². The van der Waals surface area contributed by atoms with Crippen LogP contribution in [0.25, 0.3) is 6.08 Å². The van der Waals surface area contributed by atoms with Gasteiger partial charge in [0, 0.05) is 17.1 Å². The second-order valence-electron chi connectivity index (χ2n) is 6.40. The van der Waals surface area contributed by atoms with Crippen molar-refractivity contribution in [1.82, 2.24) is 4.90 Å². The molecule has 1 aliphatic heterocycles. The van der Waals surface area contributed by atoms with E-state index in [0.29, 0.717) is 44.6 Å². The van der Waals surface area contributed by atoms with Crippen LogP contribution in [0.2, 0.25) is 10.0 Å². The number of halogens is 2. The van der Waals surface area contributed by atoms with E-state index >= 15 is 0 Å². The van der Waals surface area contributed by atoms with E-state index in [9.17, 15) is 4.79 Å². The number of carbonyl (C=O) groups excluding carboxylic acids is 1. The van der Waals surface area contributed by atoms with E-state index in [-0.39, 0.29) is 5.91 Å². The fourth-order valence-electron chi connectivity index (χ4n) is 2.95. The Bertz CT molecular complexity index is 991. The number of benzene rings is 2. The number of rotatable bonds is 7. The molecule has 0 aromatic heterocycles. The molecule has 3 rings (SSSR count). The number of aliphatic imine (C=N–C) groups is 1. The minimum absolute atomic E-state index is 0.107. The average molecular weight is 465 g/mol. The first-order valence-corrected chi connectivity index (χ1v) is 11.1. The Hall–Kier alpha value is -2.15. The number of amidine groups is 1. The molecule has 0 aliphatic carbocycles. The van der Waals surface area contributed by atoms with Crippen LogP contribution in [0, 0.1) is 0 Å². The molecule has 1 saturated heterocycles. The Morgan fingerprint density at radius 2 is 1.90 bits per heavy atom. The van der Waals surface area contributed by atoms with Crippen molar-refractivity contribution < 1.29 is 14.3 Å². The second-order valence-corrected chi connectivity index (χ2v) is 8.25. The lowest BCUT2D eigenvalue weighted by atomic mass is 10.2. The van der Waals surface area contributed by atoms with Crippen LogP contribution in [-0.2, 0) is 4.79 Å². The number of nitrogens with zero attached hydrogens (tertiary/aromatic N) is 2. The summed E-state index contributed by atoms with van der Waals surface area (Å²) in [5, 5.41) is 1.49. The zero-order chi connectivity index (χ0) is 21.7. The molecule has 30 heavy (non-hydrogen) atoms. The molecule has 0 spiro atoms. The standard InChI is InChI=1S/C22H22Cl2N2O3S/c1-4-10-26-21(27)19(12-14-11-15(23)13-18(24)20(14)28-3)30-22(26)25-16-6-8-17(9-7-16)29-5-2/h6-9,11-13H,4-5,10H2,1-3H3/b19-12+,25-22?. The van der Waals surface area contributed by atoms with Crippen LogP contribution in [0.3, 0.4) is 0 Å². The smallest absolute Gasteiger partial charge is 0.266 e. The maximum absolute atomic E-state index is 13.0. The third kappa shape index (κ3) is 5.12. The van der Waals surface area contributed by atoms with Gasteiger partial charge in [-0.25, -0.2) is 4.99 Å². The van der Waals surface area contributed by atoms with Crippen molar-refractivity contribution in [2.45, 2.75) is 20.3 Å². The van der Waals surface area contributed by atoms with Crippen LogP contribution in [0.1, 0.15) is 25.8 Å². The van der Waals surface area contributed by atoms with Gasteiger partial charge >= 0.3 is 0 Å². The Morgan fingerprint density at radius 3 is 2.53 bits per heavy atom. The van der Waals surface area contributed by atoms with Gasteiger partial charge in [-0.05, 0) is 67.6 Å². The summed E-state index contributed by atoms with van der Waals surface area (Å²) in [5.74, 6) is 1.15. The van der Waals surface area contributed by atoms with Crippen molar-refractivity contribution in [2.24, 2.45) is 4.99 Å². The highest BCUT2D eigenvalue weighted by Gasteiger charge is 2.33. The summed E-state index contributed by atoms with van der Waals surface area (Å²) < 4.78 is 10.9. The zero-order valence-electron chi connectivity index (χ0n) is 16.9. The maximum atomic E-state index is 13.0. The molecule has 0 atom stereocenters. The topological polar surface area (TPSA) is 51.1 Å². The van der Waals surface area contributed by atoms with E-state index in [1.165, 1.54) is 18.9 Å². The summed E-state index contributed by atoms with van der Waals surface area (Å²) >= 11 is 13.7. The van der Waals surface area contributed by atoms with Crippen LogP contribution in [0.15, 0.2) is 46.3 Å². The van der Waals surface area contributed by atoms with Gasteiger partial charge in [0.05, 0.1) is 29.3 Å². The van der Waals surface area contributed by atoms with Crippen molar-refractivity contribution in [2.75, 3.05) is 20.3 Å². The van der Waals surface area contributed by atoms with Gasteiger partial charge in [0.25, 0.3) is 5.91 Å². The van der Waals surface area contributed by atoms with Crippen molar-refractivity contribution in [3.8, 4) is 11.5 Å². The van der Waals surface area contributed by atoms with Crippen molar-refractivity contribution in [1.29, 1.82) is 0 Å². The summed E-state index contributed by atoms with van der Waals surface area (Å²) in [7, 11) is 1.53. The molecular weight excluding hydrogens is 443 g/mol. The van der Waals surface area contributed by atoms with Gasteiger partial charge in [0.2, 0.25) is 0 Å². The number of hydrogen-bond donors (Lipinski definition) is 0. The molecule has 1 heterocycles. The number of thioether (sulfide) groups is 1. The lowest BCUT2D eigenvalue weighted by Crippen LogP contribution is -2.29. The van der Waals surface area contributed by atoms with Crippen molar-refractivity contribution in [3.63, 3.8) is 0 Å². The number of methoxy groups -OCH3 is 1. The molecule has 2 aromatic carbocycles. The lowest BCUT2D eigenvalue weighted by Gasteiger charge is -2.14. The molecule has 2 aromatic rings. The van der Waals surface area contributed by atoms with Gasteiger partial charge in [-0.1, -0.05) is 30.1 Å².